The molecule has 2 heterocycles. The zero-order valence-corrected chi connectivity index (χ0v) is 14.6. The molecule has 1 N–H and O–H groups in total. The summed E-state index contributed by atoms with van der Waals surface area (Å²) >= 11 is 0. The summed E-state index contributed by atoms with van der Waals surface area (Å²) in [5.41, 5.74) is 2.11. The van der Waals surface area contributed by atoms with Crippen molar-refractivity contribution in [2.45, 2.75) is 32.4 Å². The van der Waals surface area contributed by atoms with E-state index in [2.05, 4.69) is 20.6 Å². The van der Waals surface area contributed by atoms with E-state index in [4.69, 9.17) is 0 Å². The lowest BCUT2D eigenvalue weighted by atomic mass is 10.0. The molecule has 0 saturated heterocycles. The van der Waals surface area contributed by atoms with Crippen LogP contribution >= 0.6 is 0 Å². The van der Waals surface area contributed by atoms with Gasteiger partial charge in [0.1, 0.15) is 5.82 Å². The molecule has 3 rings (SSSR count). The van der Waals surface area contributed by atoms with Gasteiger partial charge in [0.2, 0.25) is 0 Å². The fraction of sp³-hybridized carbons (Fsp3) is 0.263. The van der Waals surface area contributed by atoms with Gasteiger partial charge in [0, 0.05) is 12.4 Å². The number of nitrogens with zero attached hydrogens (tertiary/aromatic N) is 4. The molecule has 0 fully saturated rings. The number of hydrogen-bond acceptors (Lipinski definition) is 4. The van der Waals surface area contributed by atoms with Gasteiger partial charge in [-0.15, -0.1) is 5.10 Å². The van der Waals surface area contributed by atoms with Gasteiger partial charge in [-0.3, -0.25) is 9.78 Å². The summed E-state index contributed by atoms with van der Waals surface area (Å²) in [6.45, 7) is 3.89. The lowest BCUT2D eigenvalue weighted by Gasteiger charge is -2.15. The molecule has 134 valence electrons. The third-order valence-corrected chi connectivity index (χ3v) is 4.26. The van der Waals surface area contributed by atoms with Gasteiger partial charge in [0.15, 0.2) is 5.69 Å². The minimum absolute atomic E-state index is 0.109. The number of nitrogens with one attached hydrogen (secondary N) is 1. The Labute approximate surface area is 151 Å². The van der Waals surface area contributed by atoms with E-state index in [1.807, 2.05) is 26.0 Å². The minimum Gasteiger partial charge on any atom is -0.344 e. The van der Waals surface area contributed by atoms with Gasteiger partial charge in [-0.25, -0.2) is 9.07 Å². The molecule has 0 bridgehead atoms. The second kappa shape index (κ2) is 7.86. The van der Waals surface area contributed by atoms with Crippen LogP contribution < -0.4 is 5.32 Å². The first-order valence-corrected chi connectivity index (χ1v) is 8.46. The number of rotatable bonds is 6. The van der Waals surface area contributed by atoms with Crippen LogP contribution in [0.2, 0.25) is 0 Å². The molecule has 0 saturated carbocycles. The first kappa shape index (κ1) is 17.7. The normalized spacial score (nSPS) is 13.2. The molecule has 0 radical (unpaired) electrons. The highest BCUT2D eigenvalue weighted by molar-refractivity contribution is 5.92. The summed E-state index contributed by atoms with van der Waals surface area (Å²) in [5.74, 6) is -0.582. The molecule has 2 atom stereocenters. The lowest BCUT2D eigenvalue weighted by Crippen LogP contribution is -2.27. The van der Waals surface area contributed by atoms with Gasteiger partial charge in [-0.05, 0) is 48.7 Å². The Morgan fingerprint density at radius 3 is 2.50 bits per heavy atom. The minimum atomic E-state index is -0.297. The van der Waals surface area contributed by atoms with Crippen molar-refractivity contribution in [1.29, 1.82) is 0 Å². The maximum Gasteiger partial charge on any atom is 0.273 e. The highest BCUT2D eigenvalue weighted by atomic mass is 19.1. The van der Waals surface area contributed by atoms with Crippen molar-refractivity contribution >= 4 is 5.91 Å². The third kappa shape index (κ3) is 3.93. The molecule has 3 aromatic rings. The van der Waals surface area contributed by atoms with Crippen molar-refractivity contribution in [2.24, 2.45) is 0 Å². The van der Waals surface area contributed by atoms with Crippen molar-refractivity contribution in [2.75, 3.05) is 0 Å². The Morgan fingerprint density at radius 2 is 1.85 bits per heavy atom. The summed E-state index contributed by atoms with van der Waals surface area (Å²) in [6.07, 6.45) is 5.72. The number of pyridine rings is 1. The molecule has 0 aliphatic carbocycles. The van der Waals surface area contributed by atoms with Crippen LogP contribution in [0.1, 0.15) is 54.0 Å². The van der Waals surface area contributed by atoms with Crippen LogP contribution in [-0.2, 0) is 0 Å². The van der Waals surface area contributed by atoms with E-state index in [1.165, 1.54) is 12.1 Å². The van der Waals surface area contributed by atoms with E-state index in [1.54, 1.807) is 35.4 Å². The first-order valence-electron chi connectivity index (χ1n) is 8.46. The molecule has 0 aliphatic heterocycles. The van der Waals surface area contributed by atoms with Gasteiger partial charge in [-0.2, -0.15) is 0 Å². The Hall–Kier alpha value is -3.09. The lowest BCUT2D eigenvalue weighted by molar-refractivity contribution is 0.0934. The van der Waals surface area contributed by atoms with Gasteiger partial charge in [0.05, 0.1) is 18.3 Å². The number of benzene rings is 1. The van der Waals surface area contributed by atoms with Crippen molar-refractivity contribution in [3.8, 4) is 0 Å². The monoisotopic (exact) mass is 353 g/mol. The highest BCUT2D eigenvalue weighted by Gasteiger charge is 2.18. The van der Waals surface area contributed by atoms with E-state index >= 15 is 0 Å². The Bertz CT molecular complexity index is 863. The third-order valence-electron chi connectivity index (χ3n) is 4.26. The molecule has 0 spiro atoms. The molecular formula is C19H20FN5O. The predicted octanol–water partition coefficient (Wildman–Crippen LogP) is 3.30. The van der Waals surface area contributed by atoms with E-state index in [-0.39, 0.29) is 29.5 Å². The molecule has 2 aromatic heterocycles. The number of aromatic nitrogens is 4. The second-order valence-electron chi connectivity index (χ2n) is 6.04. The average Bonchev–Trinajstić information content (AvgIpc) is 3.14. The standard InChI is InChI=1S/C19H20FN5O/c1-3-18(15-4-6-16(20)7-5-15)25-12-17(23-24-25)19(26)22-13(2)14-8-10-21-11-9-14/h4-13,18H,3H2,1-2H3,(H,22,26)/t13-,18-/m0/s1. The molecule has 0 unspecified atom stereocenters. The number of amides is 1. The molecule has 0 aliphatic rings. The number of carbonyl (C=O) groups excluding carboxylic acids is 1. The quantitative estimate of drug-likeness (QED) is 0.738. The predicted molar refractivity (Wildman–Crippen MR) is 95.0 cm³/mol. The summed E-state index contributed by atoms with van der Waals surface area (Å²) in [5, 5.41) is 11.0. The van der Waals surface area contributed by atoms with Crippen LogP contribution in [0.25, 0.3) is 0 Å². The number of halogens is 1. The summed E-state index contributed by atoms with van der Waals surface area (Å²) < 4.78 is 14.8. The maximum absolute atomic E-state index is 13.1. The molecule has 1 aromatic carbocycles. The summed E-state index contributed by atoms with van der Waals surface area (Å²) in [7, 11) is 0. The van der Waals surface area contributed by atoms with Gasteiger partial charge in [-0.1, -0.05) is 24.3 Å². The van der Waals surface area contributed by atoms with Crippen LogP contribution in [-0.4, -0.2) is 25.9 Å². The van der Waals surface area contributed by atoms with Crippen LogP contribution in [0.15, 0.2) is 55.0 Å². The van der Waals surface area contributed by atoms with E-state index in [0.29, 0.717) is 0 Å². The van der Waals surface area contributed by atoms with E-state index in [9.17, 15) is 9.18 Å². The van der Waals surface area contributed by atoms with Crippen LogP contribution in [0.5, 0.6) is 0 Å². The summed E-state index contributed by atoms with van der Waals surface area (Å²) in [6, 6.07) is 9.69. The van der Waals surface area contributed by atoms with Crippen molar-refractivity contribution in [1.82, 2.24) is 25.3 Å². The molecular weight excluding hydrogens is 333 g/mol. The smallest absolute Gasteiger partial charge is 0.273 e. The number of hydrogen-bond donors (Lipinski definition) is 1. The molecule has 1 amide bonds. The zero-order valence-electron chi connectivity index (χ0n) is 14.6. The molecule has 7 heteroatoms. The van der Waals surface area contributed by atoms with E-state index < -0.39 is 0 Å². The Morgan fingerprint density at radius 1 is 1.15 bits per heavy atom. The SMILES string of the molecule is CC[C@@H](c1ccc(F)cc1)n1cc(C(=O)N[C@@H](C)c2ccncc2)nn1. The van der Waals surface area contributed by atoms with Gasteiger partial charge >= 0.3 is 0 Å². The van der Waals surface area contributed by atoms with Crippen LogP contribution in [0.3, 0.4) is 0 Å². The fourth-order valence-electron chi connectivity index (χ4n) is 2.80. The first-order chi connectivity index (χ1) is 12.6. The molecule has 6 nitrogen and oxygen atoms in total. The van der Waals surface area contributed by atoms with Crippen molar-refractivity contribution < 1.29 is 9.18 Å². The summed E-state index contributed by atoms with van der Waals surface area (Å²) in [4.78, 5) is 16.4. The maximum atomic E-state index is 13.1. The van der Waals surface area contributed by atoms with Crippen molar-refractivity contribution in [3.63, 3.8) is 0 Å². The zero-order chi connectivity index (χ0) is 18.5. The Kier molecular flexibility index (Phi) is 5.36. The van der Waals surface area contributed by atoms with E-state index in [0.717, 1.165) is 17.5 Å². The number of carbonyl (C=O) groups is 1. The van der Waals surface area contributed by atoms with Crippen LogP contribution in [0.4, 0.5) is 4.39 Å². The van der Waals surface area contributed by atoms with Crippen molar-refractivity contribution in [3.05, 3.63) is 77.6 Å². The Balaban J connectivity index is 1.73. The molecule has 26 heavy (non-hydrogen) atoms. The van der Waals surface area contributed by atoms with Gasteiger partial charge in [0.25, 0.3) is 5.91 Å². The highest BCUT2D eigenvalue weighted by Crippen LogP contribution is 2.21. The largest absolute Gasteiger partial charge is 0.344 e. The van der Waals surface area contributed by atoms with Crippen LogP contribution in [0, 0.1) is 5.82 Å². The van der Waals surface area contributed by atoms with Gasteiger partial charge < -0.3 is 5.32 Å². The fourth-order valence-corrected chi connectivity index (χ4v) is 2.80. The average molecular weight is 353 g/mol. The topological polar surface area (TPSA) is 72.7 Å². The second-order valence-corrected chi connectivity index (χ2v) is 6.04.